The standard InChI is InChI=1S/C22H22N4O3/c1-27-18-11-15(12-19(28-2)21(18)29-3)13-24-20-9-10-23-22-17(14-25-26(20)22)16-7-5-4-6-8-16/h4-12,14,24H,13H2,1-3H3. The van der Waals surface area contributed by atoms with Gasteiger partial charge in [0, 0.05) is 18.3 Å². The van der Waals surface area contributed by atoms with E-state index in [1.807, 2.05) is 42.6 Å². The van der Waals surface area contributed by atoms with Gasteiger partial charge in [0.05, 0.1) is 27.5 Å². The van der Waals surface area contributed by atoms with Crippen LogP contribution in [0.2, 0.25) is 0 Å². The number of aromatic nitrogens is 3. The molecule has 0 radical (unpaired) electrons. The lowest BCUT2D eigenvalue weighted by Gasteiger charge is -2.15. The molecule has 0 fully saturated rings. The Morgan fingerprint density at radius 1 is 0.931 bits per heavy atom. The highest BCUT2D eigenvalue weighted by Gasteiger charge is 2.14. The van der Waals surface area contributed by atoms with Gasteiger partial charge in [-0.05, 0) is 29.3 Å². The highest BCUT2D eigenvalue weighted by atomic mass is 16.5. The molecule has 2 heterocycles. The summed E-state index contributed by atoms with van der Waals surface area (Å²) in [6.45, 7) is 0.552. The summed E-state index contributed by atoms with van der Waals surface area (Å²) in [7, 11) is 4.81. The molecule has 7 nitrogen and oxygen atoms in total. The van der Waals surface area contributed by atoms with Gasteiger partial charge in [0.1, 0.15) is 5.82 Å². The highest BCUT2D eigenvalue weighted by Crippen LogP contribution is 2.38. The smallest absolute Gasteiger partial charge is 0.203 e. The van der Waals surface area contributed by atoms with Crippen molar-refractivity contribution in [1.29, 1.82) is 0 Å². The molecule has 4 aromatic rings. The number of anilines is 1. The summed E-state index contributed by atoms with van der Waals surface area (Å²) in [5, 5.41) is 7.94. The second-order valence-corrected chi connectivity index (χ2v) is 6.38. The summed E-state index contributed by atoms with van der Waals surface area (Å²) >= 11 is 0. The molecule has 0 saturated heterocycles. The molecule has 7 heteroatoms. The van der Waals surface area contributed by atoms with Gasteiger partial charge in [0.2, 0.25) is 5.75 Å². The number of benzene rings is 2. The SMILES string of the molecule is COc1cc(CNc2ccnc3c(-c4ccccc4)cnn23)cc(OC)c1OC. The second-order valence-electron chi connectivity index (χ2n) is 6.38. The zero-order chi connectivity index (χ0) is 20.2. The van der Waals surface area contributed by atoms with Crippen LogP contribution < -0.4 is 19.5 Å². The number of hydrogen-bond donors (Lipinski definition) is 1. The Bertz CT molecular complexity index is 1100. The predicted octanol–water partition coefficient (Wildman–Crippen LogP) is 4.03. The van der Waals surface area contributed by atoms with Crippen molar-refractivity contribution in [1.82, 2.24) is 14.6 Å². The zero-order valence-corrected chi connectivity index (χ0v) is 16.5. The molecule has 29 heavy (non-hydrogen) atoms. The number of methoxy groups -OCH3 is 3. The van der Waals surface area contributed by atoms with Crippen molar-refractivity contribution in [2.45, 2.75) is 6.54 Å². The van der Waals surface area contributed by atoms with Gasteiger partial charge in [-0.25, -0.2) is 4.98 Å². The number of fused-ring (bicyclic) bond motifs is 1. The first-order chi connectivity index (χ1) is 14.2. The van der Waals surface area contributed by atoms with E-state index in [2.05, 4.69) is 27.5 Å². The maximum absolute atomic E-state index is 5.43. The Morgan fingerprint density at radius 2 is 1.66 bits per heavy atom. The summed E-state index contributed by atoms with van der Waals surface area (Å²) in [6, 6.07) is 15.8. The van der Waals surface area contributed by atoms with Crippen molar-refractivity contribution in [2.75, 3.05) is 26.6 Å². The molecule has 0 spiro atoms. The molecule has 0 aliphatic carbocycles. The van der Waals surface area contributed by atoms with Crippen LogP contribution in [0.3, 0.4) is 0 Å². The van der Waals surface area contributed by atoms with Crippen molar-refractivity contribution < 1.29 is 14.2 Å². The van der Waals surface area contributed by atoms with E-state index in [0.29, 0.717) is 23.8 Å². The van der Waals surface area contributed by atoms with Crippen LogP contribution in [-0.4, -0.2) is 35.9 Å². The first kappa shape index (κ1) is 18.6. The van der Waals surface area contributed by atoms with Crippen LogP contribution in [-0.2, 0) is 6.54 Å². The zero-order valence-electron chi connectivity index (χ0n) is 16.5. The molecule has 2 aromatic carbocycles. The van der Waals surface area contributed by atoms with Gasteiger partial charge in [-0.1, -0.05) is 30.3 Å². The monoisotopic (exact) mass is 390 g/mol. The third kappa shape index (κ3) is 3.54. The molecule has 0 atom stereocenters. The molecular weight excluding hydrogens is 368 g/mol. The first-order valence-corrected chi connectivity index (χ1v) is 9.16. The molecule has 1 N–H and O–H groups in total. The molecule has 0 unspecified atom stereocenters. The van der Waals surface area contributed by atoms with Gasteiger partial charge in [-0.2, -0.15) is 9.61 Å². The molecular formula is C22H22N4O3. The van der Waals surface area contributed by atoms with Crippen LogP contribution >= 0.6 is 0 Å². The lowest BCUT2D eigenvalue weighted by molar-refractivity contribution is 0.324. The fourth-order valence-corrected chi connectivity index (χ4v) is 3.28. The van der Waals surface area contributed by atoms with Crippen LogP contribution in [0.15, 0.2) is 60.9 Å². The Kier molecular flexibility index (Phi) is 5.20. The molecule has 148 valence electrons. The first-order valence-electron chi connectivity index (χ1n) is 9.16. The maximum Gasteiger partial charge on any atom is 0.203 e. The fraction of sp³-hybridized carbons (Fsp3) is 0.182. The van der Waals surface area contributed by atoms with Crippen molar-refractivity contribution in [3.8, 4) is 28.4 Å². The highest BCUT2D eigenvalue weighted by molar-refractivity contribution is 5.77. The van der Waals surface area contributed by atoms with Crippen molar-refractivity contribution in [3.05, 3.63) is 66.5 Å². The predicted molar refractivity (Wildman–Crippen MR) is 112 cm³/mol. The van der Waals surface area contributed by atoms with Gasteiger partial charge >= 0.3 is 0 Å². The lowest BCUT2D eigenvalue weighted by atomic mass is 10.1. The second kappa shape index (κ2) is 8.10. The van der Waals surface area contributed by atoms with Crippen molar-refractivity contribution in [2.24, 2.45) is 0 Å². The van der Waals surface area contributed by atoms with E-state index in [1.54, 1.807) is 32.0 Å². The summed E-state index contributed by atoms with van der Waals surface area (Å²) < 4.78 is 18.1. The van der Waals surface area contributed by atoms with Crippen molar-refractivity contribution >= 4 is 11.5 Å². The molecule has 0 amide bonds. The van der Waals surface area contributed by atoms with Gasteiger partial charge in [0.25, 0.3) is 0 Å². The molecule has 0 aliphatic heterocycles. The molecule has 0 aliphatic rings. The van der Waals surface area contributed by atoms with E-state index in [4.69, 9.17) is 14.2 Å². The quantitative estimate of drug-likeness (QED) is 0.514. The summed E-state index contributed by atoms with van der Waals surface area (Å²) in [4.78, 5) is 4.51. The van der Waals surface area contributed by atoms with E-state index in [0.717, 1.165) is 28.2 Å². The van der Waals surface area contributed by atoms with Gasteiger partial charge in [-0.3, -0.25) is 0 Å². The van der Waals surface area contributed by atoms with E-state index >= 15 is 0 Å². The number of rotatable bonds is 7. The van der Waals surface area contributed by atoms with Gasteiger partial charge in [0.15, 0.2) is 17.1 Å². The molecule has 0 saturated carbocycles. The number of nitrogens with zero attached hydrogens (tertiary/aromatic N) is 3. The van der Waals surface area contributed by atoms with Gasteiger partial charge in [-0.15, -0.1) is 0 Å². The van der Waals surface area contributed by atoms with E-state index in [9.17, 15) is 0 Å². The molecule has 4 rings (SSSR count). The van der Waals surface area contributed by atoms with Gasteiger partial charge < -0.3 is 19.5 Å². The third-order valence-electron chi connectivity index (χ3n) is 4.68. The number of nitrogens with one attached hydrogen (secondary N) is 1. The lowest BCUT2D eigenvalue weighted by Crippen LogP contribution is -2.06. The third-order valence-corrected chi connectivity index (χ3v) is 4.68. The summed E-state index contributed by atoms with van der Waals surface area (Å²) in [5.41, 5.74) is 3.85. The summed E-state index contributed by atoms with van der Waals surface area (Å²) in [6.07, 6.45) is 3.61. The van der Waals surface area contributed by atoms with Crippen LogP contribution in [0, 0.1) is 0 Å². The Morgan fingerprint density at radius 3 is 2.31 bits per heavy atom. The molecule has 2 aromatic heterocycles. The average Bonchev–Trinajstić information content (AvgIpc) is 3.22. The van der Waals surface area contributed by atoms with E-state index in [-0.39, 0.29) is 0 Å². The number of hydrogen-bond acceptors (Lipinski definition) is 6. The summed E-state index contributed by atoms with van der Waals surface area (Å²) in [5.74, 6) is 2.65. The minimum Gasteiger partial charge on any atom is -0.493 e. The van der Waals surface area contributed by atoms with Crippen LogP contribution in [0.4, 0.5) is 5.82 Å². The number of ether oxygens (including phenoxy) is 3. The largest absolute Gasteiger partial charge is 0.493 e. The van der Waals surface area contributed by atoms with Crippen LogP contribution in [0.25, 0.3) is 16.8 Å². The Hall–Kier alpha value is -3.74. The van der Waals surface area contributed by atoms with Crippen LogP contribution in [0.5, 0.6) is 17.2 Å². The topological polar surface area (TPSA) is 69.9 Å². The maximum atomic E-state index is 5.43. The fourth-order valence-electron chi connectivity index (χ4n) is 3.28. The van der Waals surface area contributed by atoms with E-state index in [1.165, 1.54) is 0 Å². The normalized spacial score (nSPS) is 10.7. The minimum atomic E-state index is 0.552. The molecule has 0 bridgehead atoms. The van der Waals surface area contributed by atoms with Crippen molar-refractivity contribution in [3.63, 3.8) is 0 Å². The Labute approximate surface area is 168 Å². The van der Waals surface area contributed by atoms with E-state index < -0.39 is 0 Å². The minimum absolute atomic E-state index is 0.552. The Balaban J connectivity index is 1.63. The average molecular weight is 390 g/mol. The van der Waals surface area contributed by atoms with Crippen LogP contribution in [0.1, 0.15) is 5.56 Å².